The van der Waals surface area contributed by atoms with Crippen molar-refractivity contribution in [3.8, 4) is 22.9 Å². The Morgan fingerprint density at radius 3 is 2.59 bits per heavy atom. The first-order chi connectivity index (χ1) is 15.6. The predicted octanol–water partition coefficient (Wildman–Crippen LogP) is 3.34. The Kier molecular flexibility index (Phi) is 5.26. The van der Waals surface area contributed by atoms with Crippen LogP contribution in [0.25, 0.3) is 11.4 Å². The highest BCUT2D eigenvalue weighted by Crippen LogP contribution is 2.34. The summed E-state index contributed by atoms with van der Waals surface area (Å²) in [4.78, 5) is 25.6. The molecule has 1 saturated heterocycles. The number of rotatable bonds is 4. The molecule has 10 heteroatoms. The second-order valence-electron chi connectivity index (χ2n) is 7.99. The number of anilines is 2. The number of nitrogens with zero attached hydrogens (tertiary/aromatic N) is 5. The molecule has 2 aliphatic rings. The van der Waals surface area contributed by atoms with Gasteiger partial charge in [-0.2, -0.15) is 4.98 Å². The van der Waals surface area contributed by atoms with Gasteiger partial charge in [-0.15, -0.1) is 0 Å². The fourth-order valence-corrected chi connectivity index (χ4v) is 3.61. The van der Waals surface area contributed by atoms with Crippen LogP contribution in [-0.4, -0.2) is 59.0 Å². The summed E-state index contributed by atoms with van der Waals surface area (Å²) in [7, 11) is 0. The maximum Gasteiger partial charge on any atom is 0.321 e. The molecule has 166 valence electrons. The Balaban J connectivity index is 1.17. The van der Waals surface area contributed by atoms with Crippen molar-refractivity contribution in [2.24, 2.45) is 0 Å². The molecular formula is C22H24N6O4. The average molecular weight is 436 g/mol. The van der Waals surface area contributed by atoms with Crippen molar-refractivity contribution in [2.45, 2.75) is 19.8 Å². The normalized spacial score (nSPS) is 15.3. The van der Waals surface area contributed by atoms with E-state index in [2.05, 4.69) is 25.3 Å². The van der Waals surface area contributed by atoms with Crippen molar-refractivity contribution in [2.75, 3.05) is 43.2 Å². The van der Waals surface area contributed by atoms with E-state index >= 15 is 0 Å². The topological polar surface area (TPSA) is 106 Å². The van der Waals surface area contributed by atoms with Gasteiger partial charge in [0.15, 0.2) is 11.5 Å². The first-order valence-electron chi connectivity index (χ1n) is 10.6. The Morgan fingerprint density at radius 2 is 1.88 bits per heavy atom. The highest BCUT2D eigenvalue weighted by Gasteiger charge is 2.23. The van der Waals surface area contributed by atoms with E-state index in [-0.39, 0.29) is 18.7 Å². The molecule has 5 rings (SSSR count). The number of nitrogens with one attached hydrogen (secondary N) is 1. The molecule has 0 aliphatic carbocycles. The zero-order chi connectivity index (χ0) is 22.1. The van der Waals surface area contributed by atoms with Gasteiger partial charge in [-0.25, -0.2) is 9.78 Å². The van der Waals surface area contributed by atoms with Crippen molar-refractivity contribution in [1.82, 2.24) is 20.0 Å². The molecule has 2 aromatic heterocycles. The number of fused-ring (bicyclic) bond motifs is 1. The van der Waals surface area contributed by atoms with Gasteiger partial charge in [0, 0.05) is 55.6 Å². The van der Waals surface area contributed by atoms with Crippen LogP contribution in [0, 0.1) is 0 Å². The fourth-order valence-electron chi connectivity index (χ4n) is 3.61. The standard InChI is InChI=1S/C22H24N6O4/c1-14(2)21-25-20(26-32-21)15-3-6-19(23-12-15)27-7-9-28(10-8-27)22(29)24-16-4-5-17-18(11-16)31-13-30-17/h3-6,11-12,14H,7-10,13H2,1-2H3,(H,24,29). The third-order valence-electron chi connectivity index (χ3n) is 5.46. The summed E-state index contributed by atoms with van der Waals surface area (Å²) in [5, 5.41) is 6.95. The zero-order valence-electron chi connectivity index (χ0n) is 17.9. The van der Waals surface area contributed by atoms with Crippen LogP contribution in [0.2, 0.25) is 0 Å². The van der Waals surface area contributed by atoms with E-state index in [0.29, 0.717) is 55.1 Å². The Morgan fingerprint density at radius 1 is 1.06 bits per heavy atom. The number of urea groups is 1. The van der Waals surface area contributed by atoms with Gasteiger partial charge in [0.1, 0.15) is 5.82 Å². The molecule has 32 heavy (non-hydrogen) atoms. The molecule has 0 bridgehead atoms. The Labute approximate surface area is 185 Å². The minimum absolute atomic E-state index is 0.134. The average Bonchev–Trinajstić information content (AvgIpc) is 3.49. The van der Waals surface area contributed by atoms with E-state index in [1.165, 1.54) is 0 Å². The van der Waals surface area contributed by atoms with Crippen molar-refractivity contribution in [3.05, 3.63) is 42.4 Å². The molecule has 0 saturated carbocycles. The van der Waals surface area contributed by atoms with Crippen LogP contribution in [0.5, 0.6) is 11.5 Å². The first-order valence-corrected chi connectivity index (χ1v) is 10.6. The number of carbonyl (C=O) groups excluding carboxylic acids is 1. The summed E-state index contributed by atoms with van der Waals surface area (Å²) in [5.41, 5.74) is 1.49. The molecule has 10 nitrogen and oxygen atoms in total. The number of hydrogen-bond donors (Lipinski definition) is 1. The number of aromatic nitrogens is 3. The van der Waals surface area contributed by atoms with Crippen LogP contribution in [0.1, 0.15) is 25.7 Å². The molecular weight excluding hydrogens is 412 g/mol. The Hall–Kier alpha value is -3.82. The van der Waals surface area contributed by atoms with Gasteiger partial charge >= 0.3 is 6.03 Å². The molecule has 2 aliphatic heterocycles. The number of carbonyl (C=O) groups is 1. The highest BCUT2D eigenvalue weighted by atomic mass is 16.7. The summed E-state index contributed by atoms with van der Waals surface area (Å²) in [6, 6.07) is 9.13. The van der Waals surface area contributed by atoms with E-state index in [1.807, 2.05) is 26.0 Å². The number of piperazine rings is 1. The SMILES string of the molecule is CC(C)c1nc(-c2ccc(N3CCN(C(=O)Nc4ccc5c(c4)OCO5)CC3)nc2)no1. The predicted molar refractivity (Wildman–Crippen MR) is 117 cm³/mol. The highest BCUT2D eigenvalue weighted by molar-refractivity contribution is 5.90. The maximum atomic E-state index is 12.6. The lowest BCUT2D eigenvalue weighted by atomic mass is 10.2. The summed E-state index contributed by atoms with van der Waals surface area (Å²) in [6.07, 6.45) is 1.75. The van der Waals surface area contributed by atoms with E-state index in [0.717, 1.165) is 11.4 Å². The van der Waals surface area contributed by atoms with Gasteiger partial charge in [0.2, 0.25) is 18.5 Å². The minimum Gasteiger partial charge on any atom is -0.454 e. The van der Waals surface area contributed by atoms with Gasteiger partial charge in [-0.1, -0.05) is 19.0 Å². The van der Waals surface area contributed by atoms with Gasteiger partial charge in [0.25, 0.3) is 0 Å². The third kappa shape index (κ3) is 4.03. The summed E-state index contributed by atoms with van der Waals surface area (Å²) in [6.45, 7) is 6.81. The molecule has 0 radical (unpaired) electrons. The Bertz CT molecular complexity index is 1110. The molecule has 1 N–H and O–H groups in total. The number of pyridine rings is 1. The fraction of sp³-hybridized carbons (Fsp3) is 0.364. The number of hydrogen-bond acceptors (Lipinski definition) is 8. The van der Waals surface area contributed by atoms with Crippen LogP contribution < -0.4 is 19.7 Å². The van der Waals surface area contributed by atoms with Gasteiger partial charge in [-0.05, 0) is 24.3 Å². The summed E-state index contributed by atoms with van der Waals surface area (Å²) in [5.74, 6) is 3.52. The van der Waals surface area contributed by atoms with Gasteiger partial charge in [-0.3, -0.25) is 0 Å². The molecule has 1 fully saturated rings. The van der Waals surface area contributed by atoms with Crippen molar-refractivity contribution < 1.29 is 18.8 Å². The quantitative estimate of drug-likeness (QED) is 0.664. The second kappa shape index (κ2) is 8.37. The van der Waals surface area contributed by atoms with Crippen molar-refractivity contribution in [3.63, 3.8) is 0 Å². The lowest BCUT2D eigenvalue weighted by Crippen LogP contribution is -2.50. The molecule has 0 unspecified atom stereocenters. The number of amides is 2. The van der Waals surface area contributed by atoms with Crippen molar-refractivity contribution >= 4 is 17.5 Å². The smallest absolute Gasteiger partial charge is 0.321 e. The van der Waals surface area contributed by atoms with E-state index < -0.39 is 0 Å². The summed E-state index contributed by atoms with van der Waals surface area (Å²) < 4.78 is 15.9. The van der Waals surface area contributed by atoms with Gasteiger partial charge in [0.05, 0.1) is 0 Å². The van der Waals surface area contributed by atoms with E-state index in [1.54, 1.807) is 29.3 Å². The molecule has 4 heterocycles. The monoisotopic (exact) mass is 436 g/mol. The first kappa shape index (κ1) is 20.1. The number of benzene rings is 1. The molecule has 0 spiro atoms. The van der Waals surface area contributed by atoms with Gasteiger partial charge < -0.3 is 29.1 Å². The van der Waals surface area contributed by atoms with Crippen LogP contribution >= 0.6 is 0 Å². The third-order valence-corrected chi connectivity index (χ3v) is 5.46. The minimum atomic E-state index is -0.134. The largest absolute Gasteiger partial charge is 0.454 e. The zero-order valence-corrected chi connectivity index (χ0v) is 17.9. The van der Waals surface area contributed by atoms with Crippen molar-refractivity contribution in [1.29, 1.82) is 0 Å². The van der Waals surface area contributed by atoms with Crippen LogP contribution in [0.3, 0.4) is 0 Å². The molecule has 1 aromatic carbocycles. The van der Waals surface area contributed by atoms with Crippen LogP contribution in [0.15, 0.2) is 41.1 Å². The molecule has 0 atom stereocenters. The summed E-state index contributed by atoms with van der Waals surface area (Å²) >= 11 is 0. The van der Waals surface area contributed by atoms with E-state index in [9.17, 15) is 4.79 Å². The molecule has 2 amide bonds. The lowest BCUT2D eigenvalue weighted by molar-refractivity contribution is 0.174. The van der Waals surface area contributed by atoms with E-state index in [4.69, 9.17) is 14.0 Å². The van der Waals surface area contributed by atoms with Crippen LogP contribution in [-0.2, 0) is 0 Å². The molecule has 3 aromatic rings. The second-order valence-corrected chi connectivity index (χ2v) is 7.99. The maximum absolute atomic E-state index is 12.6. The van der Waals surface area contributed by atoms with Crippen LogP contribution in [0.4, 0.5) is 16.3 Å². The lowest BCUT2D eigenvalue weighted by Gasteiger charge is -2.35. The number of ether oxygens (including phenoxy) is 2.